The molecule has 0 unspecified atom stereocenters. The van der Waals surface area contributed by atoms with Crippen LogP contribution in [-0.2, 0) is 27.4 Å². The molecule has 7 heteroatoms. The predicted octanol–water partition coefficient (Wildman–Crippen LogP) is 3.62. The Bertz CT molecular complexity index is 821. The second-order valence-corrected chi connectivity index (χ2v) is 5.84. The van der Waals surface area contributed by atoms with Gasteiger partial charge in [0, 0.05) is 18.1 Å². The first-order chi connectivity index (χ1) is 12.4. The summed E-state index contributed by atoms with van der Waals surface area (Å²) in [4.78, 5) is 25.2. The van der Waals surface area contributed by atoms with Crippen LogP contribution < -0.4 is 0 Å². The number of nitrogens with zero attached hydrogens (tertiary/aromatic N) is 1. The van der Waals surface area contributed by atoms with E-state index in [2.05, 4.69) is 4.74 Å². The number of benzene rings is 2. The Hall–Kier alpha value is -2.86. The minimum Gasteiger partial charge on any atom is -0.502 e. The Morgan fingerprint density at radius 1 is 1.15 bits per heavy atom. The summed E-state index contributed by atoms with van der Waals surface area (Å²) < 4.78 is 17.5. The quantitative estimate of drug-likeness (QED) is 0.474. The molecule has 0 fully saturated rings. The van der Waals surface area contributed by atoms with E-state index >= 15 is 0 Å². The molecule has 1 amide bonds. The van der Waals surface area contributed by atoms with Gasteiger partial charge in [-0.05, 0) is 29.3 Å². The molecular formula is C19H17ClFNO4. The lowest BCUT2D eigenvalue weighted by Gasteiger charge is -2.22. The summed E-state index contributed by atoms with van der Waals surface area (Å²) in [5.74, 6) is -2.82. The smallest absolute Gasteiger partial charge is 0.373 e. The van der Waals surface area contributed by atoms with Crippen molar-refractivity contribution in [2.45, 2.75) is 13.1 Å². The average Bonchev–Trinajstić information content (AvgIpc) is 2.63. The molecular weight excluding hydrogens is 361 g/mol. The van der Waals surface area contributed by atoms with Crippen LogP contribution in [0.5, 0.6) is 0 Å². The number of halogens is 2. The highest BCUT2D eigenvalue weighted by Crippen LogP contribution is 2.19. The van der Waals surface area contributed by atoms with Crippen LogP contribution in [0.1, 0.15) is 11.1 Å². The minimum atomic E-state index is -1.02. The highest BCUT2D eigenvalue weighted by molar-refractivity contribution is 6.31. The molecule has 0 saturated carbocycles. The van der Waals surface area contributed by atoms with Gasteiger partial charge in [0.05, 0.1) is 13.2 Å². The van der Waals surface area contributed by atoms with Gasteiger partial charge in [0.25, 0.3) is 5.91 Å². The van der Waals surface area contributed by atoms with Crippen molar-refractivity contribution < 1.29 is 23.8 Å². The van der Waals surface area contributed by atoms with Gasteiger partial charge in [-0.25, -0.2) is 9.18 Å². The highest BCUT2D eigenvalue weighted by Gasteiger charge is 2.17. The standard InChI is InChI=1S/C19H17ClFNO4/c1-26-19(25)17(23)10-18(24)22(11-13-6-8-15(21)9-7-13)12-14-4-2-3-5-16(14)20/h2-10,23H,11-12H2,1H3/b17-10-. The van der Waals surface area contributed by atoms with Crippen molar-refractivity contribution in [3.05, 3.63) is 82.3 Å². The van der Waals surface area contributed by atoms with E-state index in [0.29, 0.717) is 16.1 Å². The van der Waals surface area contributed by atoms with Crippen molar-refractivity contribution in [3.63, 3.8) is 0 Å². The van der Waals surface area contributed by atoms with Crippen molar-refractivity contribution in [1.82, 2.24) is 4.90 Å². The molecule has 0 bridgehead atoms. The number of amides is 1. The first-order valence-electron chi connectivity index (χ1n) is 7.66. The topological polar surface area (TPSA) is 66.8 Å². The molecule has 26 heavy (non-hydrogen) atoms. The zero-order valence-corrected chi connectivity index (χ0v) is 14.7. The Labute approximate surface area is 155 Å². The number of hydrogen-bond donors (Lipinski definition) is 1. The fourth-order valence-electron chi connectivity index (χ4n) is 2.23. The van der Waals surface area contributed by atoms with Crippen molar-refractivity contribution in [1.29, 1.82) is 0 Å². The summed E-state index contributed by atoms with van der Waals surface area (Å²) in [5.41, 5.74) is 1.37. The number of methoxy groups -OCH3 is 1. The molecule has 0 aliphatic rings. The molecule has 1 N–H and O–H groups in total. The van der Waals surface area contributed by atoms with E-state index in [-0.39, 0.29) is 18.9 Å². The lowest BCUT2D eigenvalue weighted by atomic mass is 10.1. The van der Waals surface area contributed by atoms with E-state index in [1.807, 2.05) is 0 Å². The maximum absolute atomic E-state index is 13.1. The number of carbonyl (C=O) groups excluding carboxylic acids is 2. The van der Waals surface area contributed by atoms with Gasteiger partial charge in [-0.1, -0.05) is 41.9 Å². The van der Waals surface area contributed by atoms with Gasteiger partial charge in [0.1, 0.15) is 5.82 Å². The average molecular weight is 378 g/mol. The number of hydrogen-bond acceptors (Lipinski definition) is 4. The molecule has 136 valence electrons. The van der Waals surface area contributed by atoms with Gasteiger partial charge < -0.3 is 14.7 Å². The van der Waals surface area contributed by atoms with Crippen LogP contribution in [0, 0.1) is 5.82 Å². The Balaban J connectivity index is 2.28. The molecule has 0 radical (unpaired) electrons. The normalized spacial score (nSPS) is 11.1. The van der Waals surface area contributed by atoms with E-state index in [1.165, 1.54) is 17.0 Å². The lowest BCUT2D eigenvalue weighted by Crippen LogP contribution is -2.29. The third-order valence-electron chi connectivity index (χ3n) is 3.57. The molecule has 0 heterocycles. The summed E-state index contributed by atoms with van der Waals surface area (Å²) in [6.45, 7) is 0.274. The van der Waals surface area contributed by atoms with Crippen LogP contribution >= 0.6 is 11.6 Å². The number of aliphatic hydroxyl groups is 1. The van der Waals surface area contributed by atoms with Crippen LogP contribution in [0.2, 0.25) is 5.02 Å². The molecule has 0 spiro atoms. The van der Waals surface area contributed by atoms with Gasteiger partial charge in [-0.15, -0.1) is 0 Å². The predicted molar refractivity (Wildman–Crippen MR) is 94.8 cm³/mol. The molecule has 2 rings (SSSR count). The van der Waals surface area contributed by atoms with Gasteiger partial charge in [0.2, 0.25) is 5.76 Å². The third-order valence-corrected chi connectivity index (χ3v) is 3.94. The van der Waals surface area contributed by atoms with Gasteiger partial charge >= 0.3 is 5.97 Å². The fraction of sp³-hybridized carbons (Fsp3) is 0.158. The second kappa shape index (κ2) is 9.01. The fourth-order valence-corrected chi connectivity index (χ4v) is 2.42. The summed E-state index contributed by atoms with van der Waals surface area (Å²) in [5, 5.41) is 10.1. The lowest BCUT2D eigenvalue weighted by molar-refractivity contribution is -0.139. The minimum absolute atomic E-state index is 0.134. The summed E-state index contributed by atoms with van der Waals surface area (Å²) in [6.07, 6.45) is 0.784. The van der Waals surface area contributed by atoms with Crippen LogP contribution in [0.15, 0.2) is 60.4 Å². The molecule has 0 aliphatic heterocycles. The molecule has 5 nitrogen and oxygen atoms in total. The van der Waals surface area contributed by atoms with E-state index in [1.54, 1.807) is 36.4 Å². The van der Waals surface area contributed by atoms with E-state index in [4.69, 9.17) is 11.6 Å². The summed E-state index contributed by atoms with van der Waals surface area (Å²) in [7, 11) is 1.09. The Morgan fingerprint density at radius 3 is 2.42 bits per heavy atom. The maximum Gasteiger partial charge on any atom is 0.373 e. The number of carbonyl (C=O) groups is 2. The van der Waals surface area contributed by atoms with Gasteiger partial charge in [0.15, 0.2) is 0 Å². The number of aliphatic hydroxyl groups excluding tert-OH is 1. The van der Waals surface area contributed by atoms with Crippen LogP contribution in [-0.4, -0.2) is 29.0 Å². The highest BCUT2D eigenvalue weighted by atomic mass is 35.5. The van der Waals surface area contributed by atoms with E-state index < -0.39 is 17.6 Å². The van der Waals surface area contributed by atoms with Gasteiger partial charge in [-0.3, -0.25) is 4.79 Å². The van der Waals surface area contributed by atoms with Crippen molar-refractivity contribution >= 4 is 23.5 Å². The molecule has 0 atom stereocenters. The van der Waals surface area contributed by atoms with Gasteiger partial charge in [-0.2, -0.15) is 0 Å². The monoisotopic (exact) mass is 377 g/mol. The van der Waals surface area contributed by atoms with Crippen molar-refractivity contribution in [2.24, 2.45) is 0 Å². The number of rotatable bonds is 6. The molecule has 0 saturated heterocycles. The number of esters is 1. The zero-order chi connectivity index (χ0) is 19.1. The molecule has 0 aliphatic carbocycles. The first-order valence-corrected chi connectivity index (χ1v) is 8.04. The first kappa shape index (κ1) is 19.5. The van der Waals surface area contributed by atoms with E-state index in [0.717, 1.165) is 13.2 Å². The second-order valence-electron chi connectivity index (χ2n) is 5.43. The summed E-state index contributed by atoms with van der Waals surface area (Å²) in [6, 6.07) is 12.7. The zero-order valence-electron chi connectivity index (χ0n) is 14.0. The third kappa shape index (κ3) is 5.32. The Kier molecular flexibility index (Phi) is 6.74. The maximum atomic E-state index is 13.1. The van der Waals surface area contributed by atoms with Crippen LogP contribution in [0.4, 0.5) is 4.39 Å². The molecule has 0 aromatic heterocycles. The van der Waals surface area contributed by atoms with Crippen LogP contribution in [0.25, 0.3) is 0 Å². The Morgan fingerprint density at radius 2 is 1.81 bits per heavy atom. The van der Waals surface area contributed by atoms with E-state index in [9.17, 15) is 19.1 Å². The van der Waals surface area contributed by atoms with Crippen LogP contribution in [0.3, 0.4) is 0 Å². The summed E-state index contributed by atoms with van der Waals surface area (Å²) >= 11 is 6.15. The SMILES string of the molecule is COC(=O)/C(O)=C/C(=O)N(Cc1ccc(F)cc1)Cc1ccccc1Cl. The number of ether oxygens (including phenoxy) is 1. The molecule has 2 aromatic carbocycles. The van der Waals surface area contributed by atoms with Crippen molar-refractivity contribution in [3.8, 4) is 0 Å². The largest absolute Gasteiger partial charge is 0.502 e. The molecule has 2 aromatic rings. The van der Waals surface area contributed by atoms with Crippen molar-refractivity contribution in [2.75, 3.05) is 7.11 Å².